The van der Waals surface area contributed by atoms with Crippen LogP contribution in [0, 0.1) is 0 Å². The lowest BCUT2D eigenvalue weighted by molar-refractivity contribution is -0.135. The molecule has 0 N–H and O–H groups in total. The highest BCUT2D eigenvalue weighted by atomic mass is 16.5. The molecule has 144 valence electrons. The van der Waals surface area contributed by atoms with Gasteiger partial charge in [-0.05, 0) is 49.9 Å². The highest BCUT2D eigenvalue weighted by molar-refractivity contribution is 5.79. The molecule has 1 amide bonds. The molecule has 2 aliphatic rings. The van der Waals surface area contributed by atoms with E-state index >= 15 is 0 Å². The van der Waals surface area contributed by atoms with Crippen molar-refractivity contribution in [3.63, 3.8) is 0 Å². The maximum absolute atomic E-state index is 13.0. The Morgan fingerprint density at radius 3 is 2.27 bits per heavy atom. The number of hydrogen-bond acceptors (Lipinski definition) is 4. The second kappa shape index (κ2) is 8.76. The normalized spacial score (nSPS) is 17.5. The fraction of sp³-hybridized carbons (Fsp3) is 0.667. The number of benzene rings is 1. The molecule has 2 saturated carbocycles. The monoisotopic (exact) mass is 360 g/mol. The smallest absolute Gasteiger partial charge is 0.237 e. The quantitative estimate of drug-likeness (QED) is 0.676. The summed E-state index contributed by atoms with van der Waals surface area (Å²) in [5.41, 5.74) is 1.14. The second-order valence-corrected chi connectivity index (χ2v) is 7.46. The molecule has 0 aliphatic heterocycles. The molecule has 26 heavy (non-hydrogen) atoms. The minimum absolute atomic E-state index is 0.307. The molecule has 5 heteroatoms. The first-order valence-corrected chi connectivity index (χ1v) is 9.90. The van der Waals surface area contributed by atoms with Gasteiger partial charge < -0.3 is 14.4 Å². The van der Waals surface area contributed by atoms with E-state index < -0.39 is 0 Å². The molecular weight excluding hydrogens is 328 g/mol. The predicted octanol–water partition coefficient (Wildman–Crippen LogP) is 3.46. The van der Waals surface area contributed by atoms with Gasteiger partial charge in [-0.2, -0.15) is 0 Å². The maximum atomic E-state index is 13.0. The fourth-order valence-corrected chi connectivity index (χ4v) is 4.03. The highest BCUT2D eigenvalue weighted by Crippen LogP contribution is 2.34. The van der Waals surface area contributed by atoms with Crippen molar-refractivity contribution in [2.75, 3.05) is 27.3 Å². The van der Waals surface area contributed by atoms with Crippen molar-refractivity contribution < 1.29 is 14.3 Å². The SMILES string of the molecule is CCN(CC(=O)N(C1CCCC1)C1CC1)Cc1ccc(OC)c(OC)c1. The number of nitrogens with zero attached hydrogens (tertiary/aromatic N) is 2. The average molecular weight is 360 g/mol. The van der Waals surface area contributed by atoms with E-state index in [0.29, 0.717) is 24.5 Å². The minimum atomic E-state index is 0.307. The Morgan fingerprint density at radius 1 is 1.04 bits per heavy atom. The number of carbonyl (C=O) groups excluding carboxylic acids is 1. The molecule has 0 heterocycles. The van der Waals surface area contributed by atoms with Crippen LogP contribution in [0.4, 0.5) is 0 Å². The van der Waals surface area contributed by atoms with Crippen molar-refractivity contribution >= 4 is 5.91 Å². The van der Waals surface area contributed by atoms with Gasteiger partial charge in [0.25, 0.3) is 0 Å². The third-order valence-electron chi connectivity index (χ3n) is 5.61. The first kappa shape index (κ1) is 19.0. The number of rotatable bonds is 9. The summed E-state index contributed by atoms with van der Waals surface area (Å²) in [7, 11) is 3.29. The molecule has 5 nitrogen and oxygen atoms in total. The molecule has 1 aromatic carbocycles. The Labute approximate surface area is 157 Å². The molecule has 3 rings (SSSR count). The van der Waals surface area contributed by atoms with E-state index in [1.807, 2.05) is 18.2 Å². The lowest BCUT2D eigenvalue weighted by Gasteiger charge is -2.31. The Hall–Kier alpha value is -1.75. The summed E-state index contributed by atoms with van der Waals surface area (Å²) in [4.78, 5) is 17.5. The summed E-state index contributed by atoms with van der Waals surface area (Å²) in [6, 6.07) is 6.96. The molecule has 0 unspecified atom stereocenters. The number of hydrogen-bond donors (Lipinski definition) is 0. The Morgan fingerprint density at radius 2 is 1.69 bits per heavy atom. The van der Waals surface area contributed by atoms with Crippen LogP contribution in [-0.4, -0.2) is 55.1 Å². The summed E-state index contributed by atoms with van der Waals surface area (Å²) in [5, 5.41) is 0. The van der Waals surface area contributed by atoms with Crippen LogP contribution in [0.3, 0.4) is 0 Å². The van der Waals surface area contributed by atoms with Crippen LogP contribution in [0.2, 0.25) is 0 Å². The largest absolute Gasteiger partial charge is 0.493 e. The summed E-state index contributed by atoms with van der Waals surface area (Å²) < 4.78 is 10.7. The second-order valence-electron chi connectivity index (χ2n) is 7.46. The summed E-state index contributed by atoms with van der Waals surface area (Å²) in [6.45, 7) is 4.21. The highest BCUT2D eigenvalue weighted by Gasteiger charge is 2.38. The van der Waals surface area contributed by atoms with Crippen LogP contribution in [0.5, 0.6) is 11.5 Å². The van der Waals surface area contributed by atoms with Crippen LogP contribution in [0.25, 0.3) is 0 Å². The average Bonchev–Trinajstić information content (AvgIpc) is 3.34. The van der Waals surface area contributed by atoms with Gasteiger partial charge in [0, 0.05) is 18.6 Å². The van der Waals surface area contributed by atoms with Crippen molar-refractivity contribution in [3.05, 3.63) is 23.8 Å². The third-order valence-corrected chi connectivity index (χ3v) is 5.61. The van der Waals surface area contributed by atoms with Gasteiger partial charge in [-0.25, -0.2) is 0 Å². The lowest BCUT2D eigenvalue weighted by Crippen LogP contribution is -2.46. The molecule has 0 aromatic heterocycles. The van der Waals surface area contributed by atoms with Gasteiger partial charge in [0.05, 0.1) is 20.8 Å². The first-order valence-electron chi connectivity index (χ1n) is 9.90. The van der Waals surface area contributed by atoms with Crippen molar-refractivity contribution in [3.8, 4) is 11.5 Å². The number of methoxy groups -OCH3 is 2. The maximum Gasteiger partial charge on any atom is 0.237 e. The molecule has 0 atom stereocenters. The lowest BCUT2D eigenvalue weighted by atomic mass is 10.1. The van der Waals surface area contributed by atoms with E-state index in [2.05, 4.69) is 16.7 Å². The zero-order valence-electron chi connectivity index (χ0n) is 16.4. The summed E-state index contributed by atoms with van der Waals surface area (Å²) in [5.74, 6) is 1.77. The van der Waals surface area contributed by atoms with Crippen LogP contribution in [0.15, 0.2) is 18.2 Å². The first-order chi connectivity index (χ1) is 12.7. The van der Waals surface area contributed by atoms with Crippen LogP contribution in [0.1, 0.15) is 51.0 Å². The standard InChI is InChI=1S/C21H32N2O3/c1-4-22(14-16-9-12-19(25-2)20(13-16)26-3)15-21(24)23(18-10-11-18)17-7-5-6-8-17/h9,12-13,17-18H,4-8,10-11,14-15H2,1-3H3. The van der Waals surface area contributed by atoms with Crippen LogP contribution in [-0.2, 0) is 11.3 Å². The molecule has 0 radical (unpaired) electrons. The summed E-state index contributed by atoms with van der Waals surface area (Å²) >= 11 is 0. The number of amides is 1. The molecule has 0 saturated heterocycles. The molecule has 0 bridgehead atoms. The van der Waals surface area contributed by atoms with E-state index in [9.17, 15) is 4.79 Å². The number of ether oxygens (including phenoxy) is 2. The molecule has 1 aromatic rings. The molecule has 2 fully saturated rings. The fourth-order valence-electron chi connectivity index (χ4n) is 4.03. The van der Waals surface area contributed by atoms with Gasteiger partial charge in [0.15, 0.2) is 11.5 Å². The van der Waals surface area contributed by atoms with Crippen molar-refractivity contribution in [2.24, 2.45) is 0 Å². The van der Waals surface area contributed by atoms with Gasteiger partial charge in [-0.1, -0.05) is 25.8 Å². The zero-order chi connectivity index (χ0) is 18.5. The van der Waals surface area contributed by atoms with Crippen molar-refractivity contribution in [1.29, 1.82) is 0 Å². The van der Waals surface area contributed by atoms with Crippen LogP contribution < -0.4 is 9.47 Å². The minimum Gasteiger partial charge on any atom is -0.493 e. The van der Waals surface area contributed by atoms with Crippen molar-refractivity contribution in [1.82, 2.24) is 9.80 Å². The van der Waals surface area contributed by atoms with E-state index in [4.69, 9.17) is 9.47 Å². The van der Waals surface area contributed by atoms with Gasteiger partial charge >= 0.3 is 0 Å². The van der Waals surface area contributed by atoms with E-state index in [1.54, 1.807) is 14.2 Å². The van der Waals surface area contributed by atoms with E-state index in [-0.39, 0.29) is 0 Å². The Balaban J connectivity index is 1.64. The topological polar surface area (TPSA) is 42.0 Å². The number of likely N-dealkylation sites (N-methyl/N-ethyl adjacent to an activating group) is 1. The molecule has 0 spiro atoms. The van der Waals surface area contributed by atoms with Crippen molar-refractivity contribution in [2.45, 2.75) is 64.1 Å². The third kappa shape index (κ3) is 4.50. The zero-order valence-corrected chi connectivity index (χ0v) is 16.4. The predicted molar refractivity (Wildman–Crippen MR) is 103 cm³/mol. The van der Waals surface area contributed by atoms with Gasteiger partial charge in [0.1, 0.15) is 0 Å². The molecule has 2 aliphatic carbocycles. The van der Waals surface area contributed by atoms with Gasteiger partial charge in [0.2, 0.25) is 5.91 Å². The Kier molecular flexibility index (Phi) is 6.41. The van der Waals surface area contributed by atoms with E-state index in [1.165, 1.54) is 38.5 Å². The van der Waals surface area contributed by atoms with Gasteiger partial charge in [-0.15, -0.1) is 0 Å². The van der Waals surface area contributed by atoms with Gasteiger partial charge in [-0.3, -0.25) is 9.69 Å². The summed E-state index contributed by atoms with van der Waals surface area (Å²) in [6.07, 6.45) is 7.27. The Bertz CT molecular complexity index is 609. The van der Waals surface area contributed by atoms with Crippen LogP contribution >= 0.6 is 0 Å². The number of carbonyl (C=O) groups is 1. The van der Waals surface area contributed by atoms with E-state index in [0.717, 1.165) is 30.2 Å². The molecular formula is C21H32N2O3.